The summed E-state index contributed by atoms with van der Waals surface area (Å²) in [5, 5.41) is 1.29. The predicted molar refractivity (Wildman–Crippen MR) is 135 cm³/mol. The summed E-state index contributed by atoms with van der Waals surface area (Å²) >= 11 is 0. The Morgan fingerprint density at radius 1 is 0.611 bits per heavy atom. The molecule has 188 valence electrons. The van der Waals surface area contributed by atoms with E-state index in [1.54, 1.807) is 18.2 Å². The molecule has 0 radical (unpaired) electrons. The van der Waals surface area contributed by atoms with Crippen LogP contribution in [0.2, 0.25) is 0 Å². The first-order valence-electron chi connectivity index (χ1n) is 12.4. The summed E-state index contributed by atoms with van der Waals surface area (Å²) in [4.78, 5) is 0. The Bertz CT molecular complexity index is 1320. The quantitative estimate of drug-likeness (QED) is 0.203. The van der Waals surface area contributed by atoms with E-state index in [0.29, 0.717) is 42.2 Å². The minimum Gasteiger partial charge on any atom is -0.207 e. The van der Waals surface area contributed by atoms with E-state index >= 15 is 4.39 Å². The van der Waals surface area contributed by atoms with Crippen LogP contribution < -0.4 is 0 Å². The van der Waals surface area contributed by atoms with Gasteiger partial charge in [-0.3, -0.25) is 0 Å². The molecule has 0 aliphatic rings. The van der Waals surface area contributed by atoms with Crippen LogP contribution in [0.25, 0.3) is 10.8 Å². The van der Waals surface area contributed by atoms with Crippen molar-refractivity contribution in [2.24, 2.45) is 0 Å². The van der Waals surface area contributed by atoms with Crippen molar-refractivity contribution in [2.75, 3.05) is 0 Å². The van der Waals surface area contributed by atoms with E-state index in [0.717, 1.165) is 53.5 Å². The minimum atomic E-state index is -4.37. The molecule has 0 fully saturated rings. The Morgan fingerprint density at radius 3 is 1.92 bits per heavy atom. The molecule has 0 saturated heterocycles. The number of aryl methyl sites for hydroxylation is 5. The highest BCUT2D eigenvalue weighted by atomic mass is 19.4. The smallest absolute Gasteiger partial charge is 0.207 e. The second kappa shape index (κ2) is 11.2. The van der Waals surface area contributed by atoms with E-state index < -0.39 is 11.7 Å². The summed E-state index contributed by atoms with van der Waals surface area (Å²) in [6.45, 7) is 2.12. The topological polar surface area (TPSA) is 0 Å². The lowest BCUT2D eigenvalue weighted by Crippen LogP contribution is -2.04. The van der Waals surface area contributed by atoms with Crippen LogP contribution >= 0.6 is 0 Å². The molecule has 0 N–H and O–H groups in total. The molecule has 0 saturated carbocycles. The molecule has 0 unspecified atom stereocenters. The van der Waals surface area contributed by atoms with Crippen molar-refractivity contribution in [3.8, 4) is 0 Å². The van der Waals surface area contributed by atoms with Crippen LogP contribution in [0.1, 0.15) is 53.1 Å². The van der Waals surface area contributed by atoms with Gasteiger partial charge < -0.3 is 0 Å². The molecule has 5 heteroatoms. The lowest BCUT2D eigenvalue weighted by molar-refractivity contribution is -0.137. The molecule has 0 amide bonds. The maximum absolute atomic E-state index is 15.2. The second-order valence-electron chi connectivity index (χ2n) is 9.32. The highest BCUT2D eigenvalue weighted by Crippen LogP contribution is 2.29. The number of unbranched alkanes of at least 4 members (excludes halogenated alkanes) is 1. The molecule has 0 atom stereocenters. The Kier molecular flexibility index (Phi) is 8.07. The molecule has 0 aliphatic heterocycles. The first-order chi connectivity index (χ1) is 17.2. The highest BCUT2D eigenvalue weighted by molar-refractivity contribution is 5.84. The van der Waals surface area contributed by atoms with Gasteiger partial charge in [-0.25, -0.2) is 8.78 Å². The lowest BCUT2D eigenvalue weighted by Gasteiger charge is -2.10. The molecule has 0 spiro atoms. The molecule has 0 aromatic heterocycles. The van der Waals surface area contributed by atoms with E-state index in [4.69, 9.17) is 0 Å². The maximum Gasteiger partial charge on any atom is 0.416 e. The van der Waals surface area contributed by atoms with Gasteiger partial charge in [0.05, 0.1) is 5.56 Å². The fourth-order valence-electron chi connectivity index (χ4n) is 4.48. The summed E-state index contributed by atoms with van der Waals surface area (Å²) in [5.74, 6) is -0.479. The van der Waals surface area contributed by atoms with Crippen LogP contribution in [0, 0.1) is 11.6 Å². The zero-order valence-corrected chi connectivity index (χ0v) is 20.3. The first-order valence-corrected chi connectivity index (χ1v) is 12.4. The summed E-state index contributed by atoms with van der Waals surface area (Å²) in [6.07, 6.45) is 0.697. The number of halogens is 5. The summed E-state index contributed by atoms with van der Waals surface area (Å²) in [6, 6.07) is 19.7. The Balaban J connectivity index is 1.41. The number of fused-ring (bicyclic) bond motifs is 1. The molecule has 4 aromatic rings. The third-order valence-electron chi connectivity index (χ3n) is 6.68. The van der Waals surface area contributed by atoms with Gasteiger partial charge in [0.2, 0.25) is 0 Å². The van der Waals surface area contributed by atoms with Gasteiger partial charge in [-0.1, -0.05) is 67.9 Å². The third kappa shape index (κ3) is 6.31. The van der Waals surface area contributed by atoms with E-state index in [9.17, 15) is 17.6 Å². The Morgan fingerprint density at radius 2 is 1.22 bits per heavy atom. The van der Waals surface area contributed by atoms with Crippen molar-refractivity contribution in [1.82, 2.24) is 0 Å². The van der Waals surface area contributed by atoms with Gasteiger partial charge in [-0.15, -0.1) is 0 Å². The van der Waals surface area contributed by atoms with Crippen molar-refractivity contribution in [2.45, 2.75) is 58.0 Å². The zero-order valence-electron chi connectivity index (χ0n) is 20.3. The maximum atomic E-state index is 15.2. The van der Waals surface area contributed by atoms with E-state index in [-0.39, 0.29) is 11.6 Å². The highest BCUT2D eigenvalue weighted by Gasteiger charge is 2.29. The van der Waals surface area contributed by atoms with Crippen molar-refractivity contribution in [3.05, 3.63) is 118 Å². The standard InChI is InChI=1S/C31H29F5/c1-2-3-4-22-6-11-24(29(32)20-22)12-7-23-10-18-28-26(19-23)15-14-25(30(28)33)13-5-21-8-16-27(17-9-21)31(34,35)36/h6,8-11,14-20H,2-5,7,12-13H2,1H3. The van der Waals surface area contributed by atoms with E-state index in [1.807, 2.05) is 30.3 Å². The SMILES string of the molecule is CCCCc1ccc(CCc2ccc3c(F)c(CCc4ccc(C(F)(F)F)cc4)ccc3c2)c(F)c1. The van der Waals surface area contributed by atoms with Gasteiger partial charge in [-0.05, 0) is 89.9 Å². The van der Waals surface area contributed by atoms with Crippen molar-refractivity contribution in [1.29, 1.82) is 0 Å². The Labute approximate surface area is 208 Å². The van der Waals surface area contributed by atoms with Crippen LogP contribution in [0.5, 0.6) is 0 Å². The lowest BCUT2D eigenvalue weighted by atomic mass is 9.96. The van der Waals surface area contributed by atoms with Gasteiger partial charge in [-0.2, -0.15) is 13.2 Å². The van der Waals surface area contributed by atoms with E-state index in [1.165, 1.54) is 12.1 Å². The zero-order chi connectivity index (χ0) is 25.7. The molecule has 0 bridgehead atoms. The third-order valence-corrected chi connectivity index (χ3v) is 6.68. The molecule has 0 aliphatic carbocycles. The van der Waals surface area contributed by atoms with Gasteiger partial charge in [0, 0.05) is 5.39 Å². The first kappa shape index (κ1) is 25.9. The molecule has 36 heavy (non-hydrogen) atoms. The van der Waals surface area contributed by atoms with Crippen molar-refractivity contribution >= 4 is 10.8 Å². The Hall–Kier alpha value is -3.21. The van der Waals surface area contributed by atoms with Crippen molar-refractivity contribution in [3.63, 3.8) is 0 Å². The summed E-state index contributed by atoms with van der Waals surface area (Å²) in [7, 11) is 0. The second-order valence-corrected chi connectivity index (χ2v) is 9.32. The molecule has 0 nitrogen and oxygen atoms in total. The number of alkyl halides is 3. The number of rotatable bonds is 9. The average molecular weight is 497 g/mol. The summed E-state index contributed by atoms with van der Waals surface area (Å²) in [5.41, 5.74) is 3.27. The van der Waals surface area contributed by atoms with Crippen LogP contribution in [0.3, 0.4) is 0 Å². The number of hydrogen-bond acceptors (Lipinski definition) is 0. The molecule has 0 heterocycles. The molecular formula is C31H29F5. The molecule has 4 rings (SSSR count). The number of hydrogen-bond donors (Lipinski definition) is 0. The normalized spacial score (nSPS) is 11.8. The van der Waals surface area contributed by atoms with Gasteiger partial charge in [0.25, 0.3) is 0 Å². The van der Waals surface area contributed by atoms with Gasteiger partial charge >= 0.3 is 6.18 Å². The van der Waals surface area contributed by atoms with E-state index in [2.05, 4.69) is 6.92 Å². The van der Waals surface area contributed by atoms with Gasteiger partial charge in [0.15, 0.2) is 0 Å². The monoisotopic (exact) mass is 496 g/mol. The molecular weight excluding hydrogens is 467 g/mol. The molecule has 4 aromatic carbocycles. The average Bonchev–Trinajstić information content (AvgIpc) is 2.86. The van der Waals surface area contributed by atoms with Crippen molar-refractivity contribution < 1.29 is 22.0 Å². The summed E-state index contributed by atoms with van der Waals surface area (Å²) < 4.78 is 67.9. The van der Waals surface area contributed by atoms with Crippen LogP contribution in [-0.4, -0.2) is 0 Å². The predicted octanol–water partition coefficient (Wildman–Crippen LogP) is 9.05. The minimum absolute atomic E-state index is 0.173. The van der Waals surface area contributed by atoms with Gasteiger partial charge in [0.1, 0.15) is 11.6 Å². The fourth-order valence-corrected chi connectivity index (χ4v) is 4.48. The van der Waals surface area contributed by atoms with Crippen LogP contribution in [0.15, 0.2) is 72.8 Å². The largest absolute Gasteiger partial charge is 0.416 e. The number of benzene rings is 4. The van der Waals surface area contributed by atoms with Crippen LogP contribution in [-0.2, 0) is 38.3 Å². The fraction of sp³-hybridized carbons (Fsp3) is 0.290. The van der Waals surface area contributed by atoms with Crippen LogP contribution in [0.4, 0.5) is 22.0 Å².